The van der Waals surface area contributed by atoms with Crippen molar-refractivity contribution in [3.63, 3.8) is 0 Å². The van der Waals surface area contributed by atoms with Gasteiger partial charge in [-0.1, -0.05) is 12.1 Å². The van der Waals surface area contributed by atoms with Crippen LogP contribution in [0, 0.1) is 0 Å². The minimum atomic E-state index is -3.56. The molecule has 2 heterocycles. The van der Waals surface area contributed by atoms with E-state index in [1.54, 1.807) is 23.1 Å². The summed E-state index contributed by atoms with van der Waals surface area (Å²) in [5.41, 5.74) is 6.36. The fourth-order valence-corrected chi connectivity index (χ4v) is 3.99. The highest BCUT2D eigenvalue weighted by Crippen LogP contribution is 2.22. The summed E-state index contributed by atoms with van der Waals surface area (Å²) in [6, 6.07) is 6.60. The second kappa shape index (κ2) is 6.86. The number of sulfonamides is 1. The molecule has 1 aromatic rings. The van der Waals surface area contributed by atoms with Gasteiger partial charge in [0.05, 0.1) is 4.90 Å². The van der Waals surface area contributed by atoms with Crippen molar-refractivity contribution in [1.82, 2.24) is 9.62 Å². The Labute approximate surface area is 141 Å². The third kappa shape index (κ3) is 3.65. The van der Waals surface area contributed by atoms with E-state index in [0.29, 0.717) is 18.7 Å². The Morgan fingerprint density at radius 2 is 2.13 bits per heavy atom. The number of aliphatic imine (C=N–C) groups is 1. The Bertz CT molecular complexity index is 735. The highest BCUT2D eigenvalue weighted by Gasteiger charge is 2.30. The number of carbonyl (C=O) groups is 1. The fourth-order valence-electron chi connectivity index (χ4n) is 2.73. The van der Waals surface area contributed by atoms with Crippen LogP contribution in [0.4, 0.5) is 0 Å². The highest BCUT2D eigenvalue weighted by atomic mass is 35.5. The lowest BCUT2D eigenvalue weighted by Crippen LogP contribution is -2.46. The molecule has 1 aromatic carbocycles. The summed E-state index contributed by atoms with van der Waals surface area (Å²) in [5, 5.41) is 0. The minimum absolute atomic E-state index is 0. The third-order valence-electron chi connectivity index (χ3n) is 3.85. The molecule has 0 saturated carbocycles. The maximum absolute atomic E-state index is 12.2. The topological polar surface area (TPSA) is 105 Å². The van der Waals surface area contributed by atoms with Crippen molar-refractivity contribution in [3.8, 4) is 0 Å². The molecule has 1 unspecified atom stereocenters. The van der Waals surface area contributed by atoms with Crippen LogP contribution in [0.1, 0.15) is 18.4 Å². The second-order valence-corrected chi connectivity index (χ2v) is 7.16. The standard InChI is InChI=1S/C14H18N4O3S.ClH/c15-10-4-3-7-18(9-10)13(19)8-16-14-11-5-1-2-6-12(11)22(20,21)17-14;/h1-2,5-6,10H,3-4,7-9,15H2,(H,16,17);1H. The largest absolute Gasteiger partial charge is 0.340 e. The second-order valence-electron chi connectivity index (χ2n) is 5.51. The van der Waals surface area contributed by atoms with E-state index in [1.807, 2.05) is 0 Å². The van der Waals surface area contributed by atoms with Gasteiger partial charge in [-0.3, -0.25) is 14.5 Å². The predicted octanol–water partition coefficient (Wildman–Crippen LogP) is 0.0966. The number of likely N-dealkylation sites (tertiary alicyclic amines) is 1. The molecule has 0 spiro atoms. The van der Waals surface area contributed by atoms with Crippen LogP contribution in [0.2, 0.25) is 0 Å². The number of hydrogen-bond donors (Lipinski definition) is 2. The maximum Gasteiger partial charge on any atom is 0.263 e. The van der Waals surface area contributed by atoms with Crippen molar-refractivity contribution in [3.05, 3.63) is 29.8 Å². The molecule has 1 fully saturated rings. The average Bonchev–Trinajstić information content (AvgIpc) is 2.76. The molecule has 1 amide bonds. The van der Waals surface area contributed by atoms with E-state index in [9.17, 15) is 13.2 Å². The first kappa shape index (κ1) is 17.7. The molecule has 1 saturated heterocycles. The van der Waals surface area contributed by atoms with Gasteiger partial charge >= 0.3 is 0 Å². The summed E-state index contributed by atoms with van der Waals surface area (Å²) < 4.78 is 26.3. The third-order valence-corrected chi connectivity index (χ3v) is 5.24. The van der Waals surface area contributed by atoms with Crippen LogP contribution in [0.15, 0.2) is 34.2 Å². The molecule has 0 radical (unpaired) electrons. The van der Waals surface area contributed by atoms with Gasteiger partial charge in [0.2, 0.25) is 5.91 Å². The molecule has 0 aromatic heterocycles. The lowest BCUT2D eigenvalue weighted by atomic mass is 10.1. The monoisotopic (exact) mass is 358 g/mol. The first-order valence-corrected chi connectivity index (χ1v) is 8.66. The number of nitrogens with two attached hydrogens (primary N) is 1. The SMILES string of the molecule is Cl.NC1CCCN(C(=O)CN=C2NS(=O)(=O)c3ccccc32)C1. The van der Waals surface area contributed by atoms with Gasteiger partial charge in [-0.05, 0) is 25.0 Å². The summed E-state index contributed by atoms with van der Waals surface area (Å²) in [5.74, 6) is 0.0940. The molecule has 2 aliphatic rings. The summed E-state index contributed by atoms with van der Waals surface area (Å²) in [6.07, 6.45) is 1.81. The zero-order chi connectivity index (χ0) is 15.7. The molecular formula is C14H19ClN4O3S. The van der Waals surface area contributed by atoms with Crippen molar-refractivity contribution < 1.29 is 13.2 Å². The van der Waals surface area contributed by atoms with Crippen molar-refractivity contribution in [1.29, 1.82) is 0 Å². The quantitative estimate of drug-likeness (QED) is 0.782. The maximum atomic E-state index is 12.2. The van der Waals surface area contributed by atoms with Gasteiger partial charge in [0.1, 0.15) is 12.4 Å². The average molecular weight is 359 g/mol. The van der Waals surface area contributed by atoms with Crippen molar-refractivity contribution >= 4 is 34.2 Å². The molecule has 23 heavy (non-hydrogen) atoms. The predicted molar refractivity (Wildman–Crippen MR) is 89.2 cm³/mol. The van der Waals surface area contributed by atoms with E-state index >= 15 is 0 Å². The first-order valence-electron chi connectivity index (χ1n) is 7.17. The highest BCUT2D eigenvalue weighted by molar-refractivity contribution is 7.90. The molecule has 3 N–H and O–H groups in total. The van der Waals surface area contributed by atoms with Gasteiger partial charge in [0.15, 0.2) is 0 Å². The Morgan fingerprint density at radius 1 is 1.39 bits per heavy atom. The number of carbonyl (C=O) groups excluding carboxylic acids is 1. The van der Waals surface area contributed by atoms with Crippen LogP contribution in [-0.2, 0) is 14.8 Å². The number of rotatable bonds is 2. The lowest BCUT2D eigenvalue weighted by molar-refractivity contribution is -0.130. The normalized spacial score (nSPS) is 23.8. The van der Waals surface area contributed by atoms with E-state index < -0.39 is 10.0 Å². The molecule has 0 bridgehead atoms. The Kier molecular flexibility index (Phi) is 5.28. The van der Waals surface area contributed by atoms with Crippen LogP contribution < -0.4 is 10.5 Å². The number of nitrogens with one attached hydrogen (secondary N) is 1. The van der Waals surface area contributed by atoms with Crippen LogP contribution in [0.3, 0.4) is 0 Å². The van der Waals surface area contributed by atoms with Gasteiger partial charge in [-0.2, -0.15) is 0 Å². The number of hydrogen-bond acceptors (Lipinski definition) is 5. The van der Waals surface area contributed by atoms with Gasteiger partial charge in [-0.25, -0.2) is 8.42 Å². The zero-order valence-electron chi connectivity index (χ0n) is 12.4. The number of benzene rings is 1. The summed E-state index contributed by atoms with van der Waals surface area (Å²) in [6.45, 7) is 1.13. The summed E-state index contributed by atoms with van der Waals surface area (Å²) in [4.78, 5) is 18.2. The van der Waals surface area contributed by atoms with Crippen LogP contribution in [-0.4, -0.2) is 50.7 Å². The number of halogens is 1. The zero-order valence-corrected chi connectivity index (χ0v) is 14.1. The van der Waals surface area contributed by atoms with Crippen molar-refractivity contribution in [2.75, 3.05) is 19.6 Å². The van der Waals surface area contributed by atoms with Gasteiger partial charge in [-0.15, -0.1) is 12.4 Å². The molecule has 1 atom stereocenters. The van der Waals surface area contributed by atoms with Crippen molar-refractivity contribution in [2.45, 2.75) is 23.8 Å². The minimum Gasteiger partial charge on any atom is -0.340 e. The van der Waals surface area contributed by atoms with E-state index in [2.05, 4.69) is 9.71 Å². The van der Waals surface area contributed by atoms with E-state index in [4.69, 9.17) is 5.73 Å². The number of amidine groups is 1. The Balaban J connectivity index is 0.00000192. The smallest absolute Gasteiger partial charge is 0.263 e. The number of nitrogens with zero attached hydrogens (tertiary/aromatic N) is 2. The number of piperidine rings is 1. The van der Waals surface area contributed by atoms with E-state index in [-0.39, 0.29) is 41.6 Å². The van der Waals surface area contributed by atoms with Crippen molar-refractivity contribution in [2.24, 2.45) is 10.7 Å². The summed E-state index contributed by atoms with van der Waals surface area (Å²) >= 11 is 0. The van der Waals surface area contributed by atoms with Gasteiger partial charge in [0, 0.05) is 24.7 Å². The Hall–Kier alpha value is -1.64. The fraction of sp³-hybridized carbons (Fsp3) is 0.429. The first-order chi connectivity index (χ1) is 10.5. The van der Waals surface area contributed by atoms with Crippen LogP contribution in [0.25, 0.3) is 0 Å². The lowest BCUT2D eigenvalue weighted by Gasteiger charge is -2.30. The van der Waals surface area contributed by atoms with Crippen LogP contribution in [0.5, 0.6) is 0 Å². The molecule has 3 rings (SSSR count). The van der Waals surface area contributed by atoms with E-state index in [0.717, 1.165) is 12.8 Å². The van der Waals surface area contributed by atoms with E-state index in [1.165, 1.54) is 6.07 Å². The van der Waals surface area contributed by atoms with Gasteiger partial charge in [0.25, 0.3) is 10.0 Å². The molecule has 9 heteroatoms. The van der Waals surface area contributed by atoms with Crippen LogP contribution >= 0.6 is 12.4 Å². The molecule has 126 valence electrons. The summed E-state index contributed by atoms with van der Waals surface area (Å²) in [7, 11) is -3.56. The molecule has 0 aliphatic carbocycles. The number of amides is 1. The Morgan fingerprint density at radius 3 is 2.87 bits per heavy atom. The molecule has 2 aliphatic heterocycles. The van der Waals surface area contributed by atoms with Gasteiger partial charge < -0.3 is 10.6 Å². The molecular weight excluding hydrogens is 340 g/mol. The molecule has 7 nitrogen and oxygen atoms in total. The number of fused-ring (bicyclic) bond motifs is 1.